The van der Waals surface area contributed by atoms with Crippen LogP contribution < -0.4 is 10.6 Å². The van der Waals surface area contributed by atoms with Crippen LogP contribution >= 0.6 is 24.0 Å². The van der Waals surface area contributed by atoms with Crippen LogP contribution in [0.25, 0.3) is 0 Å². The lowest BCUT2D eigenvalue weighted by atomic mass is 9.89. The van der Waals surface area contributed by atoms with Gasteiger partial charge in [-0.2, -0.15) is 0 Å². The van der Waals surface area contributed by atoms with Gasteiger partial charge < -0.3 is 19.9 Å². The highest BCUT2D eigenvalue weighted by molar-refractivity contribution is 14.0. The minimum absolute atomic E-state index is 0. The predicted molar refractivity (Wildman–Crippen MR) is 106 cm³/mol. The average Bonchev–Trinajstić information content (AvgIpc) is 2.95. The highest BCUT2D eigenvalue weighted by Crippen LogP contribution is 2.21. The van der Waals surface area contributed by atoms with E-state index in [0.29, 0.717) is 6.54 Å². The first-order valence-corrected chi connectivity index (χ1v) is 7.98. The Morgan fingerprint density at radius 2 is 2.09 bits per heavy atom. The number of aliphatic imine (C=N–C) groups is 1. The van der Waals surface area contributed by atoms with E-state index in [9.17, 15) is 0 Å². The fourth-order valence-corrected chi connectivity index (χ4v) is 2.11. The first-order valence-electron chi connectivity index (χ1n) is 7.98. The molecule has 0 amide bonds. The van der Waals surface area contributed by atoms with Crippen LogP contribution in [0.5, 0.6) is 0 Å². The molecule has 23 heavy (non-hydrogen) atoms. The van der Waals surface area contributed by atoms with E-state index < -0.39 is 0 Å². The quantitative estimate of drug-likeness (QED) is 0.284. The number of ether oxygens (including phenoxy) is 1. The highest BCUT2D eigenvalue weighted by atomic mass is 127. The van der Waals surface area contributed by atoms with Crippen LogP contribution in [0.1, 0.15) is 34.1 Å². The molecule has 0 aliphatic rings. The topological polar surface area (TPSA) is 63.5 Å². The molecule has 0 radical (unpaired) electrons. The molecular weight excluding hydrogens is 405 g/mol. The normalized spacial score (nSPS) is 13.3. The molecule has 1 aromatic heterocycles. The van der Waals surface area contributed by atoms with Crippen molar-refractivity contribution >= 4 is 29.9 Å². The molecule has 0 saturated carbocycles. The molecule has 7 heteroatoms. The zero-order chi connectivity index (χ0) is 16.4. The minimum Gasteiger partial charge on any atom is -0.379 e. The summed E-state index contributed by atoms with van der Waals surface area (Å²) in [4.78, 5) is 8.68. The molecule has 0 saturated heterocycles. The molecule has 0 aliphatic heterocycles. The summed E-state index contributed by atoms with van der Waals surface area (Å²) in [5, 5.41) is 6.63. The molecule has 1 rings (SSSR count). The van der Waals surface area contributed by atoms with Crippen LogP contribution in [0.3, 0.4) is 0 Å². The average molecular weight is 437 g/mol. The Morgan fingerprint density at radius 3 is 2.61 bits per heavy atom. The first-order chi connectivity index (χ1) is 10.5. The third kappa shape index (κ3) is 9.14. The second kappa shape index (κ2) is 11.7. The number of hydrogen-bond donors (Lipinski definition) is 2. The van der Waals surface area contributed by atoms with E-state index in [4.69, 9.17) is 4.74 Å². The van der Waals surface area contributed by atoms with Gasteiger partial charge in [-0.05, 0) is 18.8 Å². The summed E-state index contributed by atoms with van der Waals surface area (Å²) < 4.78 is 7.62. The summed E-state index contributed by atoms with van der Waals surface area (Å²) in [5.41, 5.74) is 0.0804. The van der Waals surface area contributed by atoms with Gasteiger partial charge in [-0.3, -0.25) is 4.99 Å². The van der Waals surface area contributed by atoms with E-state index >= 15 is 0 Å². The minimum atomic E-state index is 0. The Kier molecular flexibility index (Phi) is 11.2. The number of methoxy groups -OCH3 is 1. The third-order valence-electron chi connectivity index (χ3n) is 3.45. The molecule has 2 N–H and O–H groups in total. The predicted octanol–water partition coefficient (Wildman–Crippen LogP) is 2.51. The summed E-state index contributed by atoms with van der Waals surface area (Å²) in [7, 11) is 1.75. The number of aromatic nitrogens is 2. The zero-order valence-electron chi connectivity index (χ0n) is 15.0. The Labute approximate surface area is 157 Å². The van der Waals surface area contributed by atoms with E-state index in [-0.39, 0.29) is 35.5 Å². The van der Waals surface area contributed by atoms with Gasteiger partial charge in [-0.1, -0.05) is 20.8 Å². The zero-order valence-corrected chi connectivity index (χ0v) is 17.3. The summed E-state index contributed by atoms with van der Waals surface area (Å²) >= 11 is 0. The first kappa shape index (κ1) is 22.2. The number of aryl methyl sites for hydroxylation is 1. The summed E-state index contributed by atoms with van der Waals surface area (Å²) in [6.07, 6.45) is 6.75. The molecule has 0 aliphatic carbocycles. The smallest absolute Gasteiger partial charge is 0.191 e. The number of halogens is 1. The van der Waals surface area contributed by atoms with E-state index in [0.717, 1.165) is 32.0 Å². The number of nitrogens with one attached hydrogen (secondary N) is 2. The second-order valence-corrected chi connectivity index (χ2v) is 6.39. The van der Waals surface area contributed by atoms with Crippen LogP contribution in [-0.2, 0) is 11.3 Å². The monoisotopic (exact) mass is 437 g/mol. The van der Waals surface area contributed by atoms with Crippen LogP contribution in [0, 0.1) is 5.41 Å². The van der Waals surface area contributed by atoms with Crippen molar-refractivity contribution in [1.29, 1.82) is 0 Å². The number of nitrogens with zero attached hydrogens (tertiary/aromatic N) is 3. The fraction of sp³-hybridized carbons (Fsp3) is 0.750. The maximum absolute atomic E-state index is 5.54. The Hall–Kier alpha value is -0.830. The lowest BCUT2D eigenvalue weighted by molar-refractivity contribution is 0.0241. The number of hydrogen-bond acceptors (Lipinski definition) is 3. The van der Waals surface area contributed by atoms with Crippen LogP contribution in [-0.4, -0.2) is 48.4 Å². The van der Waals surface area contributed by atoms with Gasteiger partial charge in [0.25, 0.3) is 0 Å². The molecule has 134 valence electrons. The van der Waals surface area contributed by atoms with Crippen molar-refractivity contribution < 1.29 is 4.74 Å². The SMILES string of the molecule is CCNC(=NCC(OC)C(C)(C)C)NCCCn1ccnc1.I. The standard InChI is InChI=1S/C16H31N5O.HI/c1-6-18-15(20-12-14(22-5)16(2,3)4)19-8-7-10-21-11-9-17-13-21;/h9,11,13-14H,6-8,10,12H2,1-5H3,(H2,18,19,20);1H. The van der Waals surface area contributed by atoms with Gasteiger partial charge in [0.05, 0.1) is 19.0 Å². The lowest BCUT2D eigenvalue weighted by Gasteiger charge is -2.28. The van der Waals surface area contributed by atoms with Crippen molar-refractivity contribution in [3.05, 3.63) is 18.7 Å². The molecular formula is C16H32IN5O. The lowest BCUT2D eigenvalue weighted by Crippen LogP contribution is -2.40. The van der Waals surface area contributed by atoms with Crippen molar-refractivity contribution in [3.63, 3.8) is 0 Å². The summed E-state index contributed by atoms with van der Waals surface area (Å²) in [6.45, 7) is 11.9. The molecule has 1 unspecified atom stereocenters. The van der Waals surface area contributed by atoms with Gasteiger partial charge in [0, 0.05) is 39.1 Å². The van der Waals surface area contributed by atoms with Gasteiger partial charge in [-0.15, -0.1) is 24.0 Å². The fourth-order valence-electron chi connectivity index (χ4n) is 2.11. The van der Waals surface area contributed by atoms with Gasteiger partial charge in [0.1, 0.15) is 0 Å². The van der Waals surface area contributed by atoms with Crippen molar-refractivity contribution in [3.8, 4) is 0 Å². The third-order valence-corrected chi connectivity index (χ3v) is 3.45. The van der Waals surface area contributed by atoms with Crippen LogP contribution in [0.4, 0.5) is 0 Å². The largest absolute Gasteiger partial charge is 0.379 e. The second-order valence-electron chi connectivity index (χ2n) is 6.39. The molecule has 1 heterocycles. The van der Waals surface area contributed by atoms with Gasteiger partial charge in [0.2, 0.25) is 0 Å². The Balaban J connectivity index is 0.00000484. The highest BCUT2D eigenvalue weighted by Gasteiger charge is 2.23. The van der Waals surface area contributed by atoms with E-state index in [1.807, 2.05) is 12.5 Å². The molecule has 0 bridgehead atoms. The maximum Gasteiger partial charge on any atom is 0.191 e. The van der Waals surface area contributed by atoms with E-state index in [1.165, 1.54) is 0 Å². The Bertz CT molecular complexity index is 428. The molecule has 0 spiro atoms. The molecule has 0 fully saturated rings. The molecule has 6 nitrogen and oxygen atoms in total. The van der Waals surface area contributed by atoms with Crippen molar-refractivity contribution in [2.45, 2.75) is 46.8 Å². The van der Waals surface area contributed by atoms with Crippen LogP contribution in [0.15, 0.2) is 23.7 Å². The van der Waals surface area contributed by atoms with E-state index in [1.54, 1.807) is 13.3 Å². The number of rotatable bonds is 8. The van der Waals surface area contributed by atoms with Gasteiger partial charge in [0.15, 0.2) is 5.96 Å². The molecule has 1 atom stereocenters. The van der Waals surface area contributed by atoms with Crippen LogP contribution in [0.2, 0.25) is 0 Å². The summed E-state index contributed by atoms with van der Waals surface area (Å²) in [5.74, 6) is 0.847. The van der Waals surface area contributed by atoms with Crippen molar-refractivity contribution in [2.75, 3.05) is 26.7 Å². The van der Waals surface area contributed by atoms with Gasteiger partial charge in [-0.25, -0.2) is 4.98 Å². The number of imidazole rings is 1. The number of guanidine groups is 1. The van der Waals surface area contributed by atoms with E-state index in [2.05, 4.69) is 52.9 Å². The summed E-state index contributed by atoms with van der Waals surface area (Å²) in [6, 6.07) is 0. The maximum atomic E-state index is 5.54. The molecule has 0 aromatic carbocycles. The molecule has 1 aromatic rings. The van der Waals surface area contributed by atoms with Gasteiger partial charge >= 0.3 is 0 Å². The van der Waals surface area contributed by atoms with Crippen molar-refractivity contribution in [2.24, 2.45) is 10.4 Å². The van der Waals surface area contributed by atoms with Crippen molar-refractivity contribution in [1.82, 2.24) is 20.2 Å². The Morgan fingerprint density at radius 1 is 1.35 bits per heavy atom.